The Morgan fingerprint density at radius 3 is 2.44 bits per heavy atom. The van der Waals surface area contributed by atoms with Crippen LogP contribution in [0.15, 0.2) is 12.1 Å². The van der Waals surface area contributed by atoms with Crippen LogP contribution in [0, 0.1) is 20.8 Å². The van der Waals surface area contributed by atoms with Crippen LogP contribution >= 0.6 is 0 Å². The number of aliphatic hydroxyl groups is 1. The summed E-state index contributed by atoms with van der Waals surface area (Å²) >= 11 is 0. The Balaban J connectivity index is 2.77. The van der Waals surface area contributed by atoms with Crippen molar-refractivity contribution in [3.63, 3.8) is 0 Å². The summed E-state index contributed by atoms with van der Waals surface area (Å²) in [6.45, 7) is 6.74. The summed E-state index contributed by atoms with van der Waals surface area (Å²) in [5.74, 6) is 0.939. The molecule has 0 aromatic heterocycles. The molecule has 0 aliphatic rings. The Bertz CT molecular complexity index is 346. The number of likely N-dealkylation sites (N-methyl/N-ethyl adjacent to an activating group) is 1. The highest BCUT2D eigenvalue weighted by Gasteiger charge is 2.09. The van der Waals surface area contributed by atoms with E-state index in [1.54, 1.807) is 0 Å². The maximum atomic E-state index is 9.05. The predicted octanol–water partition coefficient (Wildman–Crippen LogP) is 1.57. The third-order valence-corrected chi connectivity index (χ3v) is 2.93. The molecule has 1 unspecified atom stereocenters. The second kappa shape index (κ2) is 5.87. The number of aliphatic hydroxyl groups excluding tert-OH is 1. The monoisotopic (exact) mass is 223 g/mol. The molecule has 1 aromatic carbocycles. The van der Waals surface area contributed by atoms with Crippen LogP contribution in [0.1, 0.15) is 16.7 Å². The molecule has 0 fully saturated rings. The predicted molar refractivity (Wildman–Crippen MR) is 66.1 cm³/mol. The van der Waals surface area contributed by atoms with Gasteiger partial charge in [0.15, 0.2) is 0 Å². The summed E-state index contributed by atoms with van der Waals surface area (Å²) in [5.41, 5.74) is 3.54. The SMILES string of the molecule is CNC(CO)COc1c(C)ccc(C)c1C. The molecule has 3 heteroatoms. The van der Waals surface area contributed by atoms with E-state index in [1.807, 2.05) is 14.0 Å². The summed E-state index contributed by atoms with van der Waals surface area (Å²) in [6.07, 6.45) is 0. The second-order valence-corrected chi connectivity index (χ2v) is 4.13. The number of ether oxygens (including phenoxy) is 1. The Labute approximate surface area is 97.4 Å². The lowest BCUT2D eigenvalue weighted by Gasteiger charge is -2.18. The fraction of sp³-hybridized carbons (Fsp3) is 0.538. The van der Waals surface area contributed by atoms with Crippen LogP contribution in [0.4, 0.5) is 0 Å². The molecule has 0 spiro atoms. The summed E-state index contributed by atoms with van der Waals surface area (Å²) < 4.78 is 5.77. The zero-order valence-electron chi connectivity index (χ0n) is 10.5. The van der Waals surface area contributed by atoms with Gasteiger partial charge in [0.1, 0.15) is 12.4 Å². The van der Waals surface area contributed by atoms with E-state index in [0.29, 0.717) is 6.61 Å². The molecule has 0 amide bonds. The highest BCUT2D eigenvalue weighted by molar-refractivity contribution is 5.44. The van der Waals surface area contributed by atoms with Gasteiger partial charge in [-0.2, -0.15) is 0 Å². The zero-order chi connectivity index (χ0) is 12.1. The quantitative estimate of drug-likeness (QED) is 0.796. The highest BCUT2D eigenvalue weighted by atomic mass is 16.5. The molecule has 1 aromatic rings. The largest absolute Gasteiger partial charge is 0.491 e. The van der Waals surface area contributed by atoms with E-state index in [-0.39, 0.29) is 12.6 Å². The molecule has 0 aliphatic carbocycles. The molecule has 1 rings (SSSR count). The third-order valence-electron chi connectivity index (χ3n) is 2.93. The molecule has 16 heavy (non-hydrogen) atoms. The number of hydrogen-bond acceptors (Lipinski definition) is 3. The molecule has 0 aliphatic heterocycles. The molecular formula is C13H21NO2. The van der Waals surface area contributed by atoms with Gasteiger partial charge >= 0.3 is 0 Å². The van der Waals surface area contributed by atoms with Crippen LogP contribution in [0.3, 0.4) is 0 Å². The van der Waals surface area contributed by atoms with Crippen molar-refractivity contribution in [2.75, 3.05) is 20.3 Å². The van der Waals surface area contributed by atoms with Gasteiger partial charge in [-0.15, -0.1) is 0 Å². The topological polar surface area (TPSA) is 41.5 Å². The van der Waals surface area contributed by atoms with E-state index in [4.69, 9.17) is 9.84 Å². The molecule has 0 saturated carbocycles. The lowest BCUT2D eigenvalue weighted by atomic mass is 10.1. The zero-order valence-corrected chi connectivity index (χ0v) is 10.5. The molecule has 0 radical (unpaired) electrons. The minimum absolute atomic E-state index is 0.0145. The number of nitrogens with one attached hydrogen (secondary N) is 1. The van der Waals surface area contributed by atoms with Gasteiger partial charge in [-0.3, -0.25) is 0 Å². The molecular weight excluding hydrogens is 202 g/mol. The average molecular weight is 223 g/mol. The molecule has 90 valence electrons. The molecule has 2 N–H and O–H groups in total. The standard InChI is InChI=1S/C13H21NO2/c1-9-5-6-10(2)13(11(9)3)16-8-12(7-15)14-4/h5-6,12,14-15H,7-8H2,1-4H3. The Morgan fingerprint density at radius 2 is 1.88 bits per heavy atom. The Kier molecular flexibility index (Phi) is 4.77. The van der Waals surface area contributed by atoms with Crippen molar-refractivity contribution < 1.29 is 9.84 Å². The van der Waals surface area contributed by atoms with Gasteiger partial charge in [0, 0.05) is 0 Å². The van der Waals surface area contributed by atoms with Gasteiger partial charge in [0.2, 0.25) is 0 Å². The Hall–Kier alpha value is -1.06. The van der Waals surface area contributed by atoms with Crippen molar-refractivity contribution in [3.05, 3.63) is 28.8 Å². The first-order valence-corrected chi connectivity index (χ1v) is 5.57. The fourth-order valence-electron chi connectivity index (χ4n) is 1.56. The molecule has 3 nitrogen and oxygen atoms in total. The maximum Gasteiger partial charge on any atom is 0.125 e. The number of aryl methyl sites for hydroxylation is 2. The van der Waals surface area contributed by atoms with Crippen molar-refractivity contribution in [1.82, 2.24) is 5.32 Å². The molecule has 0 bridgehead atoms. The summed E-state index contributed by atoms with van der Waals surface area (Å²) in [4.78, 5) is 0. The second-order valence-electron chi connectivity index (χ2n) is 4.13. The Morgan fingerprint density at radius 1 is 1.25 bits per heavy atom. The minimum Gasteiger partial charge on any atom is -0.491 e. The molecule has 0 heterocycles. The summed E-state index contributed by atoms with van der Waals surface area (Å²) in [5, 5.41) is 12.1. The summed E-state index contributed by atoms with van der Waals surface area (Å²) in [7, 11) is 1.82. The normalized spacial score (nSPS) is 12.6. The van der Waals surface area contributed by atoms with Crippen LogP contribution in [0.5, 0.6) is 5.75 Å². The molecule has 0 saturated heterocycles. The van der Waals surface area contributed by atoms with Crippen LogP contribution in [-0.4, -0.2) is 31.4 Å². The average Bonchev–Trinajstić information content (AvgIpc) is 2.29. The first-order valence-electron chi connectivity index (χ1n) is 5.57. The number of benzene rings is 1. The van der Waals surface area contributed by atoms with Gasteiger partial charge < -0.3 is 15.2 Å². The van der Waals surface area contributed by atoms with Crippen LogP contribution < -0.4 is 10.1 Å². The van der Waals surface area contributed by atoms with Crippen molar-refractivity contribution in [1.29, 1.82) is 0 Å². The van der Waals surface area contributed by atoms with Crippen LogP contribution in [-0.2, 0) is 0 Å². The van der Waals surface area contributed by atoms with E-state index < -0.39 is 0 Å². The smallest absolute Gasteiger partial charge is 0.125 e. The van der Waals surface area contributed by atoms with Crippen molar-refractivity contribution in [2.24, 2.45) is 0 Å². The van der Waals surface area contributed by atoms with E-state index in [9.17, 15) is 0 Å². The van der Waals surface area contributed by atoms with Gasteiger partial charge in [-0.05, 0) is 44.5 Å². The highest BCUT2D eigenvalue weighted by Crippen LogP contribution is 2.25. The van der Waals surface area contributed by atoms with E-state index >= 15 is 0 Å². The minimum atomic E-state index is -0.0145. The molecule has 1 atom stereocenters. The lowest BCUT2D eigenvalue weighted by Crippen LogP contribution is -2.35. The number of hydrogen-bond donors (Lipinski definition) is 2. The van der Waals surface area contributed by atoms with Crippen molar-refractivity contribution >= 4 is 0 Å². The van der Waals surface area contributed by atoms with Crippen molar-refractivity contribution in [3.8, 4) is 5.75 Å². The summed E-state index contributed by atoms with van der Waals surface area (Å²) in [6, 6.07) is 4.14. The van der Waals surface area contributed by atoms with Gasteiger partial charge in [0.05, 0.1) is 12.6 Å². The first kappa shape index (κ1) is 13.0. The lowest BCUT2D eigenvalue weighted by molar-refractivity contribution is 0.187. The van der Waals surface area contributed by atoms with Gasteiger partial charge in [-0.25, -0.2) is 0 Å². The van der Waals surface area contributed by atoms with E-state index in [1.165, 1.54) is 11.1 Å². The van der Waals surface area contributed by atoms with Crippen LogP contribution in [0.25, 0.3) is 0 Å². The van der Waals surface area contributed by atoms with E-state index in [0.717, 1.165) is 11.3 Å². The van der Waals surface area contributed by atoms with Gasteiger partial charge in [0.25, 0.3) is 0 Å². The number of rotatable bonds is 5. The van der Waals surface area contributed by atoms with Crippen LogP contribution in [0.2, 0.25) is 0 Å². The van der Waals surface area contributed by atoms with Crippen molar-refractivity contribution in [2.45, 2.75) is 26.8 Å². The van der Waals surface area contributed by atoms with E-state index in [2.05, 4.69) is 31.3 Å². The maximum absolute atomic E-state index is 9.05. The first-order chi connectivity index (χ1) is 7.60. The van der Waals surface area contributed by atoms with Gasteiger partial charge in [-0.1, -0.05) is 12.1 Å². The fourth-order valence-corrected chi connectivity index (χ4v) is 1.56. The third kappa shape index (κ3) is 2.97.